The van der Waals surface area contributed by atoms with Crippen LogP contribution in [0.1, 0.15) is 40.8 Å². The highest BCUT2D eigenvalue weighted by Gasteiger charge is 2.35. The molecule has 0 saturated heterocycles. The molecular weight excluding hydrogens is 464 g/mol. The van der Waals surface area contributed by atoms with E-state index in [1.807, 2.05) is 0 Å². The fourth-order valence-corrected chi connectivity index (χ4v) is 3.47. The minimum atomic E-state index is -4.58. The Bertz CT molecular complexity index is 1190. The van der Waals surface area contributed by atoms with Crippen LogP contribution in [0.2, 0.25) is 0 Å². The topological polar surface area (TPSA) is 64.7 Å². The third kappa shape index (κ3) is 5.60. The number of aromatic nitrogens is 4. The second-order valence-corrected chi connectivity index (χ2v) is 8.14. The van der Waals surface area contributed by atoms with Crippen molar-refractivity contribution in [3.8, 4) is 0 Å². The lowest BCUT2D eigenvalue weighted by Gasteiger charge is -2.14. The summed E-state index contributed by atoms with van der Waals surface area (Å²) < 4.78 is 80.2. The van der Waals surface area contributed by atoms with Crippen LogP contribution in [0, 0.1) is 26.7 Å². The first kappa shape index (κ1) is 25.3. The molecule has 0 spiro atoms. The van der Waals surface area contributed by atoms with Crippen molar-refractivity contribution in [3.63, 3.8) is 0 Å². The van der Waals surface area contributed by atoms with E-state index >= 15 is 0 Å². The highest BCUT2D eigenvalue weighted by Crippen LogP contribution is 2.31. The molecule has 0 bridgehead atoms. The number of nitrogens with one attached hydrogen (secondary N) is 1. The van der Waals surface area contributed by atoms with Crippen molar-refractivity contribution in [1.29, 1.82) is 0 Å². The molecule has 1 atom stereocenters. The molecule has 0 aliphatic heterocycles. The average molecular weight is 487 g/mol. The fraction of sp³-hybridized carbons (Fsp3) is 0.409. The standard InChI is InChI=1S/C22H23F6N5O/c1-12(10-32-13(2)8-18(31-32)22(26,27)28)20(34)29-19-14(3)30-33(15(19)4)11-16-6-5-7-17(9-16)21(23,24)25/h5-9,12H,10-11H2,1-4H3,(H,29,34). The number of aryl methyl sites for hydroxylation is 2. The summed E-state index contributed by atoms with van der Waals surface area (Å²) in [4.78, 5) is 12.7. The highest BCUT2D eigenvalue weighted by molar-refractivity contribution is 5.93. The number of carbonyl (C=O) groups excluding carboxylic acids is 1. The number of halogens is 6. The van der Waals surface area contributed by atoms with E-state index in [0.717, 1.165) is 22.9 Å². The molecule has 0 radical (unpaired) electrons. The summed E-state index contributed by atoms with van der Waals surface area (Å²) in [7, 11) is 0. The van der Waals surface area contributed by atoms with E-state index in [-0.39, 0.29) is 18.8 Å². The van der Waals surface area contributed by atoms with Crippen molar-refractivity contribution in [1.82, 2.24) is 19.6 Å². The van der Waals surface area contributed by atoms with Crippen molar-refractivity contribution in [2.24, 2.45) is 5.92 Å². The molecule has 12 heteroatoms. The summed E-state index contributed by atoms with van der Waals surface area (Å²) in [6.07, 6.45) is -9.04. The second kappa shape index (κ2) is 9.15. The summed E-state index contributed by atoms with van der Waals surface area (Å²) in [5.74, 6) is -1.17. The minimum absolute atomic E-state index is 0.0642. The van der Waals surface area contributed by atoms with Crippen LogP contribution in [0.3, 0.4) is 0 Å². The van der Waals surface area contributed by atoms with Gasteiger partial charge < -0.3 is 5.32 Å². The maximum absolute atomic E-state index is 13.0. The first-order valence-corrected chi connectivity index (χ1v) is 10.3. The van der Waals surface area contributed by atoms with E-state index in [1.54, 1.807) is 26.8 Å². The Labute approximate surface area is 191 Å². The molecule has 0 aliphatic carbocycles. The van der Waals surface area contributed by atoms with Gasteiger partial charge in [0.05, 0.1) is 41.6 Å². The minimum Gasteiger partial charge on any atom is -0.323 e. The van der Waals surface area contributed by atoms with Gasteiger partial charge in [-0.3, -0.25) is 14.2 Å². The first-order valence-electron chi connectivity index (χ1n) is 10.3. The van der Waals surface area contributed by atoms with E-state index in [9.17, 15) is 31.1 Å². The molecule has 1 aromatic carbocycles. The van der Waals surface area contributed by atoms with Gasteiger partial charge in [-0.15, -0.1) is 0 Å². The number of anilines is 1. The summed E-state index contributed by atoms with van der Waals surface area (Å²) in [5.41, 5.74) is 0.257. The van der Waals surface area contributed by atoms with Gasteiger partial charge in [0.15, 0.2) is 5.69 Å². The molecule has 1 amide bonds. The number of nitrogens with zero attached hydrogens (tertiary/aromatic N) is 4. The molecule has 0 saturated carbocycles. The maximum Gasteiger partial charge on any atom is 0.435 e. The van der Waals surface area contributed by atoms with Gasteiger partial charge >= 0.3 is 12.4 Å². The van der Waals surface area contributed by atoms with Crippen molar-refractivity contribution in [2.45, 2.75) is 53.1 Å². The molecule has 2 heterocycles. The lowest BCUT2D eigenvalue weighted by Crippen LogP contribution is -2.26. The van der Waals surface area contributed by atoms with Crippen LogP contribution >= 0.6 is 0 Å². The van der Waals surface area contributed by atoms with Gasteiger partial charge in [0, 0.05) is 5.69 Å². The van der Waals surface area contributed by atoms with Crippen LogP contribution in [0.25, 0.3) is 0 Å². The third-order valence-electron chi connectivity index (χ3n) is 5.38. The lowest BCUT2D eigenvalue weighted by atomic mass is 10.1. The first-order chi connectivity index (χ1) is 15.7. The number of carbonyl (C=O) groups is 1. The third-order valence-corrected chi connectivity index (χ3v) is 5.38. The Balaban J connectivity index is 1.73. The maximum atomic E-state index is 13.0. The van der Waals surface area contributed by atoms with E-state index < -0.39 is 35.4 Å². The molecule has 184 valence electrons. The highest BCUT2D eigenvalue weighted by atomic mass is 19.4. The lowest BCUT2D eigenvalue weighted by molar-refractivity contribution is -0.141. The predicted molar refractivity (Wildman–Crippen MR) is 112 cm³/mol. The van der Waals surface area contributed by atoms with Gasteiger partial charge in [-0.1, -0.05) is 19.1 Å². The van der Waals surface area contributed by atoms with Crippen LogP contribution in [0.15, 0.2) is 30.3 Å². The molecule has 3 rings (SSSR count). The Kier molecular flexibility index (Phi) is 6.81. The second-order valence-electron chi connectivity index (χ2n) is 8.14. The predicted octanol–water partition coefficient (Wildman–Crippen LogP) is 5.37. The monoisotopic (exact) mass is 487 g/mol. The molecule has 3 aromatic rings. The smallest absolute Gasteiger partial charge is 0.323 e. The normalized spacial score (nSPS) is 13.2. The van der Waals surface area contributed by atoms with Gasteiger partial charge in [0.25, 0.3) is 0 Å². The molecule has 34 heavy (non-hydrogen) atoms. The molecule has 6 nitrogen and oxygen atoms in total. The van der Waals surface area contributed by atoms with Gasteiger partial charge in [-0.25, -0.2) is 0 Å². The molecular formula is C22H23F6N5O. The number of hydrogen-bond acceptors (Lipinski definition) is 3. The number of amides is 1. The van der Waals surface area contributed by atoms with Gasteiger partial charge in [-0.2, -0.15) is 36.5 Å². The molecule has 2 aromatic heterocycles. The van der Waals surface area contributed by atoms with Crippen LogP contribution in [0.4, 0.5) is 32.0 Å². The summed E-state index contributed by atoms with van der Waals surface area (Å²) in [6.45, 7) is 6.34. The largest absolute Gasteiger partial charge is 0.435 e. The van der Waals surface area contributed by atoms with Gasteiger partial charge in [0.2, 0.25) is 5.91 Å². The van der Waals surface area contributed by atoms with Crippen LogP contribution in [-0.4, -0.2) is 25.5 Å². The van der Waals surface area contributed by atoms with Gasteiger partial charge in [0.1, 0.15) is 0 Å². The SMILES string of the molecule is Cc1nn(Cc2cccc(C(F)(F)F)c2)c(C)c1NC(=O)C(C)Cn1nc(C(F)(F)F)cc1C. The van der Waals surface area contributed by atoms with Crippen LogP contribution in [0.5, 0.6) is 0 Å². The number of rotatable bonds is 6. The van der Waals surface area contributed by atoms with Crippen molar-refractivity contribution >= 4 is 11.6 Å². The number of benzene rings is 1. The zero-order valence-electron chi connectivity index (χ0n) is 18.8. The fourth-order valence-electron chi connectivity index (χ4n) is 3.47. The quantitative estimate of drug-likeness (QED) is 0.476. The molecule has 1 unspecified atom stereocenters. The average Bonchev–Trinajstić information content (AvgIpc) is 3.22. The molecule has 1 N–H and O–H groups in total. The van der Waals surface area contributed by atoms with E-state index in [2.05, 4.69) is 15.5 Å². The van der Waals surface area contributed by atoms with Crippen LogP contribution in [-0.2, 0) is 30.2 Å². The summed E-state index contributed by atoms with van der Waals surface area (Å²) >= 11 is 0. The number of hydrogen-bond donors (Lipinski definition) is 1. The van der Waals surface area contributed by atoms with E-state index in [1.165, 1.54) is 17.7 Å². The van der Waals surface area contributed by atoms with Crippen LogP contribution < -0.4 is 5.32 Å². The Hall–Kier alpha value is -3.31. The van der Waals surface area contributed by atoms with Crippen molar-refractivity contribution in [3.05, 3.63) is 64.2 Å². The zero-order valence-corrected chi connectivity index (χ0v) is 18.8. The van der Waals surface area contributed by atoms with E-state index in [0.29, 0.717) is 22.6 Å². The summed E-state index contributed by atoms with van der Waals surface area (Å²) in [5, 5.41) is 10.6. The van der Waals surface area contributed by atoms with Gasteiger partial charge in [-0.05, 0) is 44.5 Å². The summed E-state index contributed by atoms with van der Waals surface area (Å²) in [6, 6.07) is 5.80. The van der Waals surface area contributed by atoms with Crippen molar-refractivity contribution < 1.29 is 31.1 Å². The zero-order chi connectivity index (χ0) is 25.4. The van der Waals surface area contributed by atoms with E-state index in [4.69, 9.17) is 0 Å². The Morgan fingerprint density at radius 2 is 1.68 bits per heavy atom. The molecule has 0 aliphatic rings. The Morgan fingerprint density at radius 1 is 1.00 bits per heavy atom. The molecule has 0 fully saturated rings. The Morgan fingerprint density at radius 3 is 2.26 bits per heavy atom. The number of alkyl halides is 6. The van der Waals surface area contributed by atoms with Crippen molar-refractivity contribution in [2.75, 3.05) is 5.32 Å².